The highest BCUT2D eigenvalue weighted by atomic mass is 16.1. The Labute approximate surface area is 152 Å². The molecule has 1 fully saturated rings. The molecule has 1 aliphatic rings. The number of aromatic nitrogens is 5. The molecule has 0 aromatic carbocycles. The molecule has 2 aromatic rings. The van der Waals surface area contributed by atoms with Gasteiger partial charge in [-0.15, -0.1) is 0 Å². The smallest absolute Gasteiger partial charge is 0.271 e. The van der Waals surface area contributed by atoms with Gasteiger partial charge in [-0.05, 0) is 26.2 Å². The number of anilines is 2. The third kappa shape index (κ3) is 4.41. The number of hydrogen-bond donors (Lipinski definition) is 1. The van der Waals surface area contributed by atoms with Gasteiger partial charge in [-0.2, -0.15) is 15.0 Å². The monoisotopic (exact) mass is 356 g/mol. The topological polar surface area (TPSA) is 100 Å². The van der Waals surface area contributed by atoms with Crippen LogP contribution in [0.1, 0.15) is 41.3 Å². The molecule has 0 atom stereocenters. The molecule has 0 aliphatic carbocycles. The molecule has 1 aliphatic heterocycles. The van der Waals surface area contributed by atoms with Crippen LogP contribution in [0.3, 0.4) is 0 Å². The Bertz CT molecular complexity index is 756. The van der Waals surface area contributed by atoms with Crippen LogP contribution < -0.4 is 15.1 Å². The maximum absolute atomic E-state index is 12.2. The van der Waals surface area contributed by atoms with Crippen molar-refractivity contribution in [3.8, 4) is 0 Å². The van der Waals surface area contributed by atoms with Crippen molar-refractivity contribution in [2.24, 2.45) is 0 Å². The van der Waals surface area contributed by atoms with E-state index in [0.717, 1.165) is 31.6 Å². The van der Waals surface area contributed by atoms with E-state index >= 15 is 0 Å². The number of aryl methyl sites for hydroxylation is 1. The average Bonchev–Trinajstić information content (AvgIpc) is 2.67. The summed E-state index contributed by atoms with van der Waals surface area (Å²) in [7, 11) is 3.78. The van der Waals surface area contributed by atoms with Gasteiger partial charge in [-0.3, -0.25) is 9.78 Å². The van der Waals surface area contributed by atoms with Crippen LogP contribution in [0.4, 0.5) is 11.9 Å². The van der Waals surface area contributed by atoms with Gasteiger partial charge in [-0.25, -0.2) is 4.98 Å². The van der Waals surface area contributed by atoms with Crippen LogP contribution in [-0.2, 0) is 6.54 Å². The molecule has 0 spiro atoms. The molecule has 1 saturated heterocycles. The Hall–Kier alpha value is -2.84. The Balaban J connectivity index is 1.74. The zero-order valence-corrected chi connectivity index (χ0v) is 15.4. The summed E-state index contributed by atoms with van der Waals surface area (Å²) in [6.45, 7) is 3.92. The van der Waals surface area contributed by atoms with E-state index in [0.29, 0.717) is 17.7 Å². The summed E-state index contributed by atoms with van der Waals surface area (Å²) in [5, 5.41) is 2.80. The first-order valence-corrected chi connectivity index (χ1v) is 8.77. The highest BCUT2D eigenvalue weighted by molar-refractivity contribution is 5.91. The van der Waals surface area contributed by atoms with E-state index in [-0.39, 0.29) is 18.1 Å². The zero-order chi connectivity index (χ0) is 18.5. The second-order valence-electron chi connectivity index (χ2n) is 6.52. The normalized spacial score (nSPS) is 14.2. The van der Waals surface area contributed by atoms with Gasteiger partial charge in [0.1, 0.15) is 5.69 Å². The number of nitrogens with zero attached hydrogens (tertiary/aromatic N) is 7. The van der Waals surface area contributed by atoms with Gasteiger partial charge in [-0.1, -0.05) is 0 Å². The molecule has 2 aromatic heterocycles. The van der Waals surface area contributed by atoms with Gasteiger partial charge in [0.05, 0.1) is 18.4 Å². The molecule has 0 bridgehead atoms. The minimum atomic E-state index is -0.302. The fourth-order valence-corrected chi connectivity index (χ4v) is 2.67. The number of nitrogens with one attached hydrogen (secondary N) is 1. The van der Waals surface area contributed by atoms with Crippen molar-refractivity contribution >= 4 is 17.8 Å². The maximum Gasteiger partial charge on any atom is 0.271 e. The molecule has 0 unspecified atom stereocenters. The summed E-state index contributed by atoms with van der Waals surface area (Å²) in [4.78, 5) is 37.9. The van der Waals surface area contributed by atoms with E-state index in [1.54, 1.807) is 6.20 Å². The van der Waals surface area contributed by atoms with Crippen LogP contribution in [-0.4, -0.2) is 58.0 Å². The van der Waals surface area contributed by atoms with Crippen molar-refractivity contribution in [2.45, 2.75) is 32.7 Å². The second kappa shape index (κ2) is 8.03. The molecule has 9 nitrogen and oxygen atoms in total. The average molecular weight is 356 g/mol. The summed E-state index contributed by atoms with van der Waals surface area (Å²) in [5.74, 6) is 1.48. The van der Waals surface area contributed by atoms with Crippen LogP contribution in [0.15, 0.2) is 12.4 Å². The van der Waals surface area contributed by atoms with E-state index in [4.69, 9.17) is 0 Å². The minimum Gasteiger partial charge on any atom is -0.347 e. The number of amides is 1. The third-order valence-electron chi connectivity index (χ3n) is 4.12. The van der Waals surface area contributed by atoms with Gasteiger partial charge in [0.2, 0.25) is 11.9 Å². The van der Waals surface area contributed by atoms with Crippen LogP contribution in [0.25, 0.3) is 0 Å². The Kier molecular flexibility index (Phi) is 5.55. The number of piperidine rings is 1. The minimum absolute atomic E-state index is 0.207. The van der Waals surface area contributed by atoms with E-state index < -0.39 is 0 Å². The quantitative estimate of drug-likeness (QED) is 0.845. The summed E-state index contributed by atoms with van der Waals surface area (Å²) >= 11 is 0. The van der Waals surface area contributed by atoms with Crippen LogP contribution in [0, 0.1) is 6.92 Å². The Morgan fingerprint density at radius 1 is 1.12 bits per heavy atom. The summed E-state index contributed by atoms with van der Waals surface area (Å²) in [6, 6.07) is 0. The van der Waals surface area contributed by atoms with E-state index in [2.05, 4.69) is 35.1 Å². The summed E-state index contributed by atoms with van der Waals surface area (Å²) in [6.07, 6.45) is 6.55. The molecule has 1 amide bonds. The predicted octanol–water partition coefficient (Wildman–Crippen LogP) is 0.956. The zero-order valence-electron chi connectivity index (χ0n) is 15.4. The number of rotatable bonds is 5. The van der Waals surface area contributed by atoms with Crippen molar-refractivity contribution in [2.75, 3.05) is 37.0 Å². The van der Waals surface area contributed by atoms with Crippen LogP contribution in [0.5, 0.6) is 0 Å². The van der Waals surface area contributed by atoms with Crippen LogP contribution in [0.2, 0.25) is 0 Å². The van der Waals surface area contributed by atoms with Crippen molar-refractivity contribution in [3.63, 3.8) is 0 Å². The first kappa shape index (κ1) is 18.0. The van der Waals surface area contributed by atoms with Gasteiger partial charge in [0.25, 0.3) is 5.91 Å². The lowest BCUT2D eigenvalue weighted by molar-refractivity contribution is 0.0944. The van der Waals surface area contributed by atoms with Gasteiger partial charge in [0.15, 0.2) is 5.82 Å². The van der Waals surface area contributed by atoms with Crippen molar-refractivity contribution < 1.29 is 4.79 Å². The standard InChI is InChI=1S/C17H24N8O/c1-12-9-19-13(10-18-12)15(26)20-11-14-21-16(24(2)3)23-17(22-14)25-7-5-4-6-8-25/h9-10H,4-8,11H2,1-3H3,(H,20,26). The van der Waals surface area contributed by atoms with Crippen molar-refractivity contribution in [1.29, 1.82) is 0 Å². The molecule has 26 heavy (non-hydrogen) atoms. The Morgan fingerprint density at radius 3 is 2.54 bits per heavy atom. The number of carbonyl (C=O) groups is 1. The summed E-state index contributed by atoms with van der Waals surface area (Å²) < 4.78 is 0. The number of hydrogen-bond acceptors (Lipinski definition) is 8. The Morgan fingerprint density at radius 2 is 1.88 bits per heavy atom. The van der Waals surface area contributed by atoms with Crippen molar-refractivity contribution in [1.82, 2.24) is 30.2 Å². The molecule has 9 heteroatoms. The predicted molar refractivity (Wildman–Crippen MR) is 98.2 cm³/mol. The molecular weight excluding hydrogens is 332 g/mol. The molecular formula is C17H24N8O. The second-order valence-corrected chi connectivity index (χ2v) is 6.52. The largest absolute Gasteiger partial charge is 0.347 e. The summed E-state index contributed by atoms with van der Waals surface area (Å²) in [5.41, 5.74) is 1.04. The first-order valence-electron chi connectivity index (χ1n) is 8.77. The molecule has 3 heterocycles. The van der Waals surface area contributed by atoms with Crippen LogP contribution >= 0.6 is 0 Å². The fourth-order valence-electron chi connectivity index (χ4n) is 2.67. The van der Waals surface area contributed by atoms with Gasteiger partial charge in [0, 0.05) is 33.4 Å². The molecule has 1 N–H and O–H groups in total. The van der Waals surface area contributed by atoms with E-state index in [1.807, 2.05) is 25.9 Å². The highest BCUT2D eigenvalue weighted by Crippen LogP contribution is 2.17. The van der Waals surface area contributed by atoms with E-state index in [9.17, 15) is 4.79 Å². The molecule has 0 saturated carbocycles. The third-order valence-corrected chi connectivity index (χ3v) is 4.12. The van der Waals surface area contributed by atoms with Crippen molar-refractivity contribution in [3.05, 3.63) is 29.6 Å². The molecule has 138 valence electrons. The first-order chi connectivity index (χ1) is 12.5. The lowest BCUT2D eigenvalue weighted by atomic mass is 10.1. The van der Waals surface area contributed by atoms with E-state index in [1.165, 1.54) is 12.6 Å². The van der Waals surface area contributed by atoms with Gasteiger partial charge < -0.3 is 15.1 Å². The highest BCUT2D eigenvalue weighted by Gasteiger charge is 2.17. The van der Waals surface area contributed by atoms with Gasteiger partial charge >= 0.3 is 0 Å². The lowest BCUT2D eigenvalue weighted by Crippen LogP contribution is -2.33. The lowest BCUT2D eigenvalue weighted by Gasteiger charge is -2.27. The molecule has 0 radical (unpaired) electrons. The maximum atomic E-state index is 12.2. The molecule has 3 rings (SSSR count). The fraction of sp³-hybridized carbons (Fsp3) is 0.529. The SMILES string of the molecule is Cc1cnc(C(=O)NCc2nc(N(C)C)nc(N3CCCCC3)n2)cn1. The number of carbonyl (C=O) groups excluding carboxylic acids is 1.